The molecule has 1 saturated carbocycles. The smallest absolute Gasteiger partial charge is 0.326 e. The summed E-state index contributed by atoms with van der Waals surface area (Å²) in [6, 6.07) is -1.30. The maximum Gasteiger partial charge on any atom is 0.326 e. The quantitative estimate of drug-likeness (QED) is 0.519. The predicted molar refractivity (Wildman–Crippen MR) is 66.1 cm³/mol. The number of hydrogen-bond donors (Lipinski definition) is 3. The second-order valence-electron chi connectivity index (χ2n) is 4.78. The first kappa shape index (κ1) is 15.4. The van der Waals surface area contributed by atoms with Crippen LogP contribution in [-0.4, -0.2) is 42.1 Å². The van der Waals surface area contributed by atoms with Gasteiger partial charge in [0, 0.05) is 18.9 Å². The number of esters is 1. The Morgan fingerprint density at radius 2 is 2.05 bits per heavy atom. The number of ether oxygens (including phenoxy) is 1. The van der Waals surface area contributed by atoms with Crippen LogP contribution in [0.2, 0.25) is 0 Å². The van der Waals surface area contributed by atoms with Crippen molar-refractivity contribution in [3.63, 3.8) is 0 Å². The molecular formula is C12H20N2O5. The van der Waals surface area contributed by atoms with E-state index in [1.54, 1.807) is 0 Å². The molecule has 1 amide bonds. The van der Waals surface area contributed by atoms with Crippen molar-refractivity contribution in [2.45, 2.75) is 44.2 Å². The minimum Gasteiger partial charge on any atom is -0.480 e. The van der Waals surface area contributed by atoms with E-state index in [1.807, 2.05) is 0 Å². The molecule has 0 aromatic carbocycles. The van der Waals surface area contributed by atoms with E-state index in [0.717, 1.165) is 12.8 Å². The number of carbonyl (C=O) groups excluding carboxylic acids is 2. The fraction of sp³-hybridized carbons (Fsp3) is 0.750. The lowest BCUT2D eigenvalue weighted by atomic mass is 10.1. The first-order valence-electron chi connectivity index (χ1n) is 6.28. The van der Waals surface area contributed by atoms with E-state index in [9.17, 15) is 14.4 Å². The van der Waals surface area contributed by atoms with Crippen LogP contribution in [0.25, 0.3) is 0 Å². The largest absolute Gasteiger partial charge is 0.480 e. The van der Waals surface area contributed by atoms with Crippen LogP contribution in [0.15, 0.2) is 0 Å². The monoisotopic (exact) mass is 272 g/mol. The molecule has 0 aromatic heterocycles. The Morgan fingerprint density at radius 1 is 1.42 bits per heavy atom. The van der Waals surface area contributed by atoms with Gasteiger partial charge < -0.3 is 20.9 Å². The summed E-state index contributed by atoms with van der Waals surface area (Å²) in [4.78, 5) is 33.6. The van der Waals surface area contributed by atoms with E-state index in [2.05, 4.69) is 10.1 Å². The predicted octanol–water partition coefficient (Wildman–Crippen LogP) is -0.364. The molecule has 2 atom stereocenters. The molecule has 0 bridgehead atoms. The molecule has 0 aromatic rings. The van der Waals surface area contributed by atoms with Crippen molar-refractivity contribution < 1.29 is 24.2 Å². The van der Waals surface area contributed by atoms with Crippen molar-refractivity contribution in [1.82, 2.24) is 5.32 Å². The highest BCUT2D eigenvalue weighted by Gasteiger charge is 2.30. The summed E-state index contributed by atoms with van der Waals surface area (Å²) in [5.74, 6) is -1.69. The number of hydrogen-bond acceptors (Lipinski definition) is 5. The van der Waals surface area contributed by atoms with Crippen LogP contribution in [0.1, 0.15) is 32.1 Å². The van der Waals surface area contributed by atoms with Crippen LogP contribution in [0.4, 0.5) is 0 Å². The highest BCUT2D eigenvalue weighted by Crippen LogP contribution is 2.32. The Labute approximate surface area is 111 Å². The average molecular weight is 272 g/mol. The van der Waals surface area contributed by atoms with Gasteiger partial charge in [-0.05, 0) is 25.2 Å². The molecule has 1 unspecified atom stereocenters. The normalized spacial score (nSPS) is 17.4. The molecule has 1 fully saturated rings. The van der Waals surface area contributed by atoms with E-state index in [4.69, 9.17) is 10.8 Å². The number of nitrogens with two attached hydrogens (primary N) is 1. The van der Waals surface area contributed by atoms with Crippen molar-refractivity contribution in [2.75, 3.05) is 7.11 Å². The molecule has 1 aliphatic rings. The van der Waals surface area contributed by atoms with Gasteiger partial charge in [0.15, 0.2) is 0 Å². The lowest BCUT2D eigenvalue weighted by molar-refractivity contribution is -0.144. The summed E-state index contributed by atoms with van der Waals surface area (Å²) in [5.41, 5.74) is 5.79. The van der Waals surface area contributed by atoms with E-state index < -0.39 is 23.9 Å². The molecule has 7 heteroatoms. The maximum absolute atomic E-state index is 11.6. The first-order chi connectivity index (χ1) is 8.93. The van der Waals surface area contributed by atoms with E-state index in [0.29, 0.717) is 5.92 Å². The molecule has 108 valence electrons. The summed E-state index contributed by atoms with van der Waals surface area (Å²) in [7, 11) is 1.23. The lowest BCUT2D eigenvalue weighted by Crippen LogP contribution is -2.43. The average Bonchev–Trinajstić information content (AvgIpc) is 3.17. The second kappa shape index (κ2) is 7.08. The Hall–Kier alpha value is -1.63. The SMILES string of the molecule is COC(=O)CC[C@H](NC(=O)CC(N)C1CC1)C(=O)O. The number of nitrogens with one attached hydrogen (secondary N) is 1. The molecule has 0 spiro atoms. The zero-order valence-electron chi connectivity index (χ0n) is 10.9. The third kappa shape index (κ3) is 5.69. The fourth-order valence-electron chi connectivity index (χ4n) is 1.78. The van der Waals surface area contributed by atoms with Gasteiger partial charge >= 0.3 is 11.9 Å². The number of carboxylic acids is 1. The summed E-state index contributed by atoms with van der Waals surface area (Å²) < 4.78 is 4.43. The molecular weight excluding hydrogens is 252 g/mol. The fourth-order valence-corrected chi connectivity index (χ4v) is 1.78. The van der Waals surface area contributed by atoms with Crippen molar-refractivity contribution in [3.05, 3.63) is 0 Å². The van der Waals surface area contributed by atoms with Gasteiger partial charge in [-0.15, -0.1) is 0 Å². The summed E-state index contributed by atoms with van der Waals surface area (Å²) in [5, 5.41) is 11.3. The number of rotatable bonds is 8. The van der Waals surface area contributed by atoms with Crippen molar-refractivity contribution in [1.29, 1.82) is 0 Å². The highest BCUT2D eigenvalue weighted by molar-refractivity contribution is 5.84. The van der Waals surface area contributed by atoms with Gasteiger partial charge in [-0.1, -0.05) is 0 Å². The van der Waals surface area contributed by atoms with Gasteiger partial charge in [-0.3, -0.25) is 9.59 Å². The molecule has 1 rings (SSSR count). The second-order valence-corrected chi connectivity index (χ2v) is 4.78. The highest BCUT2D eigenvalue weighted by atomic mass is 16.5. The molecule has 0 aliphatic heterocycles. The molecule has 0 heterocycles. The summed E-state index contributed by atoms with van der Waals surface area (Å²) in [6.07, 6.45) is 2.12. The van der Waals surface area contributed by atoms with Crippen LogP contribution in [-0.2, 0) is 19.1 Å². The molecule has 0 saturated heterocycles. The van der Waals surface area contributed by atoms with E-state index in [1.165, 1.54) is 7.11 Å². The number of aliphatic carboxylic acids is 1. The molecule has 1 aliphatic carbocycles. The topological polar surface area (TPSA) is 119 Å². The summed E-state index contributed by atoms with van der Waals surface area (Å²) >= 11 is 0. The molecule has 0 radical (unpaired) electrons. The minimum atomic E-state index is -1.17. The van der Waals surface area contributed by atoms with Gasteiger partial charge in [0.1, 0.15) is 6.04 Å². The van der Waals surface area contributed by atoms with Crippen molar-refractivity contribution in [3.8, 4) is 0 Å². The number of carboxylic acid groups (broad SMARTS) is 1. The van der Waals surface area contributed by atoms with Gasteiger partial charge in [0.05, 0.1) is 7.11 Å². The van der Waals surface area contributed by atoms with Gasteiger partial charge in [0.2, 0.25) is 5.91 Å². The Morgan fingerprint density at radius 3 is 2.53 bits per heavy atom. The van der Waals surface area contributed by atoms with Gasteiger partial charge in [0.25, 0.3) is 0 Å². The minimum absolute atomic E-state index is 0.00636. The number of amides is 1. The van der Waals surface area contributed by atoms with Gasteiger partial charge in [-0.25, -0.2) is 4.79 Å². The standard InChI is InChI=1S/C12H20N2O5/c1-19-11(16)5-4-9(12(17)18)14-10(15)6-8(13)7-2-3-7/h7-9H,2-6,13H2,1H3,(H,14,15)(H,17,18)/t8?,9-/m0/s1. The molecule has 19 heavy (non-hydrogen) atoms. The zero-order valence-corrected chi connectivity index (χ0v) is 10.9. The number of methoxy groups -OCH3 is 1. The van der Waals surface area contributed by atoms with Crippen LogP contribution in [0, 0.1) is 5.92 Å². The van der Waals surface area contributed by atoms with Gasteiger partial charge in [-0.2, -0.15) is 0 Å². The molecule has 4 N–H and O–H groups in total. The third-order valence-corrected chi connectivity index (χ3v) is 3.15. The zero-order chi connectivity index (χ0) is 14.4. The van der Waals surface area contributed by atoms with Crippen LogP contribution >= 0.6 is 0 Å². The van der Waals surface area contributed by atoms with Crippen LogP contribution < -0.4 is 11.1 Å². The van der Waals surface area contributed by atoms with Crippen LogP contribution in [0.3, 0.4) is 0 Å². The Kier molecular flexibility index (Phi) is 5.75. The Bertz CT molecular complexity index is 354. The number of carbonyl (C=O) groups is 3. The Balaban J connectivity index is 2.36. The summed E-state index contributed by atoms with van der Waals surface area (Å²) in [6.45, 7) is 0. The maximum atomic E-state index is 11.6. The van der Waals surface area contributed by atoms with Crippen molar-refractivity contribution in [2.24, 2.45) is 11.7 Å². The lowest BCUT2D eigenvalue weighted by Gasteiger charge is -2.16. The van der Waals surface area contributed by atoms with E-state index in [-0.39, 0.29) is 25.3 Å². The van der Waals surface area contributed by atoms with Crippen molar-refractivity contribution >= 4 is 17.8 Å². The third-order valence-electron chi connectivity index (χ3n) is 3.15. The van der Waals surface area contributed by atoms with Crippen LogP contribution in [0.5, 0.6) is 0 Å². The molecule has 7 nitrogen and oxygen atoms in total. The first-order valence-corrected chi connectivity index (χ1v) is 6.28. The van der Waals surface area contributed by atoms with E-state index >= 15 is 0 Å².